The molecule has 13 heteroatoms. The number of carbonyl (C=O) groups excluding carboxylic acids is 3. The number of hydrogen-bond donors (Lipinski definition) is 0. The molecule has 1 saturated heterocycles. The smallest absolute Gasteiger partial charge is 0.338 e. The number of hydrogen-bond acceptors (Lipinski definition) is 10. The van der Waals surface area contributed by atoms with Gasteiger partial charge in [-0.1, -0.05) is 81.3 Å². The normalized spacial score (nSPS) is 18.3. The number of unbranched alkanes of at least 4 members (excludes halogenated alkanes) is 2. The van der Waals surface area contributed by atoms with Crippen LogP contribution in [0.2, 0.25) is 0 Å². The maximum atomic E-state index is 14.3. The van der Waals surface area contributed by atoms with Crippen LogP contribution in [0.3, 0.4) is 0 Å². The molecule has 1 fully saturated rings. The Morgan fingerprint density at radius 2 is 1.23 bits per heavy atom. The van der Waals surface area contributed by atoms with Crippen molar-refractivity contribution in [1.29, 1.82) is 0 Å². The van der Waals surface area contributed by atoms with Crippen molar-refractivity contribution in [2.75, 3.05) is 6.61 Å². The molecule has 0 bridgehead atoms. The summed E-state index contributed by atoms with van der Waals surface area (Å²) in [7, 11) is 0. The molecule has 5 aromatic rings. The standard InChI is InChI=1S/C39H40N4O8S/c1-3-5-22-41-33-30(34(44)42(39(41)52)23-6-4-2)43(25-40-33)35-32(51-38(47)28-20-14-9-15-21-28)31(50-37(46)27-18-12-8-13-19-27)29(49-35)24-48-36(45)26-16-10-7-11-17-26/h7-21,25,29,31-32,35H,3-6,22-24H2,1-2H3/t29-,31-,32-,35-/m1/s1. The summed E-state index contributed by atoms with van der Waals surface area (Å²) in [6, 6.07) is 25.1. The Bertz CT molecular complexity index is 2130. The molecule has 0 aliphatic carbocycles. The van der Waals surface area contributed by atoms with E-state index in [2.05, 4.69) is 11.9 Å². The van der Waals surface area contributed by atoms with Crippen LogP contribution >= 0.6 is 12.2 Å². The summed E-state index contributed by atoms with van der Waals surface area (Å²) >= 11 is 5.81. The summed E-state index contributed by atoms with van der Waals surface area (Å²) in [5, 5.41) is 0. The van der Waals surface area contributed by atoms with Crippen molar-refractivity contribution in [3.05, 3.63) is 129 Å². The zero-order valence-corrected chi connectivity index (χ0v) is 29.8. The van der Waals surface area contributed by atoms with Gasteiger partial charge in [-0.05, 0) is 61.5 Å². The molecule has 0 saturated carbocycles. The fourth-order valence-electron chi connectivity index (χ4n) is 6.11. The number of esters is 3. The van der Waals surface area contributed by atoms with Crippen LogP contribution < -0.4 is 5.56 Å². The number of ether oxygens (including phenoxy) is 4. The number of nitrogens with zero attached hydrogens (tertiary/aromatic N) is 4. The second-order valence-electron chi connectivity index (χ2n) is 12.4. The molecule has 1 aliphatic heterocycles. The van der Waals surface area contributed by atoms with Gasteiger partial charge in [0, 0.05) is 13.1 Å². The molecule has 0 spiro atoms. The molecule has 0 N–H and O–H groups in total. The first-order chi connectivity index (χ1) is 25.3. The summed E-state index contributed by atoms with van der Waals surface area (Å²) in [4.78, 5) is 59.2. The van der Waals surface area contributed by atoms with Gasteiger partial charge >= 0.3 is 17.9 Å². The van der Waals surface area contributed by atoms with Gasteiger partial charge in [0.15, 0.2) is 34.4 Å². The highest BCUT2D eigenvalue weighted by Gasteiger charge is 2.52. The highest BCUT2D eigenvalue weighted by molar-refractivity contribution is 7.71. The minimum atomic E-state index is -1.31. The van der Waals surface area contributed by atoms with E-state index >= 15 is 0 Å². The molecule has 52 heavy (non-hydrogen) atoms. The third-order valence-electron chi connectivity index (χ3n) is 8.86. The summed E-state index contributed by atoms with van der Waals surface area (Å²) in [5.41, 5.74) is 0.963. The number of carbonyl (C=O) groups is 3. The van der Waals surface area contributed by atoms with Gasteiger partial charge in [-0.2, -0.15) is 0 Å². The maximum absolute atomic E-state index is 14.3. The molecule has 0 amide bonds. The van der Waals surface area contributed by atoms with E-state index in [9.17, 15) is 19.2 Å². The quantitative estimate of drug-likeness (QED) is 0.0707. The predicted octanol–water partition coefficient (Wildman–Crippen LogP) is 6.53. The van der Waals surface area contributed by atoms with Gasteiger partial charge in [0.25, 0.3) is 5.56 Å². The monoisotopic (exact) mass is 724 g/mol. The lowest BCUT2D eigenvalue weighted by molar-refractivity contribution is -0.0605. The molecule has 3 aromatic carbocycles. The third kappa shape index (κ3) is 7.75. The second-order valence-corrected chi connectivity index (χ2v) is 12.8. The summed E-state index contributed by atoms with van der Waals surface area (Å²) in [5.74, 6) is -2.04. The third-order valence-corrected chi connectivity index (χ3v) is 9.30. The zero-order chi connectivity index (χ0) is 36.6. The van der Waals surface area contributed by atoms with Crippen molar-refractivity contribution in [3.8, 4) is 0 Å². The fraction of sp³-hybridized carbons (Fsp3) is 0.333. The van der Waals surface area contributed by atoms with Crippen LogP contribution in [0, 0.1) is 4.77 Å². The number of fused-ring (bicyclic) bond motifs is 1. The zero-order valence-electron chi connectivity index (χ0n) is 29.0. The number of aromatic nitrogens is 4. The number of benzene rings is 3. The van der Waals surface area contributed by atoms with Crippen molar-refractivity contribution >= 4 is 41.3 Å². The van der Waals surface area contributed by atoms with Gasteiger partial charge in [-0.3, -0.25) is 13.9 Å². The highest BCUT2D eigenvalue weighted by atomic mass is 32.1. The van der Waals surface area contributed by atoms with E-state index in [0.29, 0.717) is 29.1 Å². The first kappa shape index (κ1) is 36.4. The number of rotatable bonds is 14. The van der Waals surface area contributed by atoms with Gasteiger partial charge in [0.2, 0.25) is 0 Å². The summed E-state index contributed by atoms with van der Waals surface area (Å²) < 4.78 is 29.7. The van der Waals surface area contributed by atoms with Crippen LogP contribution in [-0.2, 0) is 32.0 Å². The van der Waals surface area contributed by atoms with Crippen molar-refractivity contribution in [1.82, 2.24) is 18.7 Å². The molecule has 4 atom stereocenters. The van der Waals surface area contributed by atoms with E-state index in [0.717, 1.165) is 25.7 Å². The average molecular weight is 725 g/mol. The Hall–Kier alpha value is -5.40. The van der Waals surface area contributed by atoms with Crippen LogP contribution in [0.25, 0.3) is 11.2 Å². The van der Waals surface area contributed by atoms with Crippen molar-refractivity contribution in [3.63, 3.8) is 0 Å². The summed E-state index contributed by atoms with van der Waals surface area (Å²) in [6.45, 7) is 4.65. The highest BCUT2D eigenvalue weighted by Crippen LogP contribution is 2.37. The number of imidazole rings is 1. The number of aryl methyl sites for hydroxylation is 1. The summed E-state index contributed by atoms with van der Waals surface area (Å²) in [6.07, 6.45) is -0.248. The minimum Gasteiger partial charge on any atom is -0.459 e. The Morgan fingerprint density at radius 3 is 1.77 bits per heavy atom. The molecular formula is C39H40N4O8S. The fourth-order valence-corrected chi connectivity index (χ4v) is 6.46. The predicted molar refractivity (Wildman–Crippen MR) is 195 cm³/mol. The van der Waals surface area contributed by atoms with Crippen molar-refractivity contribution in [2.24, 2.45) is 0 Å². The van der Waals surface area contributed by atoms with Gasteiger partial charge in [0.1, 0.15) is 19.0 Å². The van der Waals surface area contributed by atoms with Crippen LogP contribution in [0.4, 0.5) is 0 Å². The van der Waals surface area contributed by atoms with E-state index in [1.807, 2.05) is 11.5 Å². The van der Waals surface area contributed by atoms with Crippen molar-refractivity contribution < 1.29 is 33.3 Å². The molecule has 1 aliphatic rings. The molecule has 6 rings (SSSR count). The molecule has 12 nitrogen and oxygen atoms in total. The van der Waals surface area contributed by atoms with Crippen LogP contribution in [0.15, 0.2) is 102 Å². The Kier molecular flexibility index (Phi) is 11.7. The first-order valence-electron chi connectivity index (χ1n) is 17.4. The van der Waals surface area contributed by atoms with E-state index in [1.54, 1.807) is 95.6 Å². The van der Waals surface area contributed by atoms with E-state index in [4.69, 9.17) is 31.2 Å². The maximum Gasteiger partial charge on any atom is 0.338 e. The van der Waals surface area contributed by atoms with Gasteiger partial charge in [-0.25, -0.2) is 19.4 Å². The van der Waals surface area contributed by atoms with E-state index < -0.39 is 42.4 Å². The molecule has 3 heterocycles. The second kappa shape index (κ2) is 16.7. The Balaban J connectivity index is 1.46. The molecule has 0 radical (unpaired) electrons. The minimum absolute atomic E-state index is 0.182. The lowest BCUT2D eigenvalue weighted by Crippen LogP contribution is -2.41. The molecular weight excluding hydrogens is 685 g/mol. The van der Waals surface area contributed by atoms with Crippen LogP contribution in [0.1, 0.15) is 76.8 Å². The van der Waals surface area contributed by atoms with Crippen LogP contribution in [0.5, 0.6) is 0 Å². The Labute approximate surface area is 305 Å². The SMILES string of the molecule is CCCCn1c(=O)c2c(ncn2[C@@H]2O[C@H](COC(=O)c3ccccc3)[C@@H](OC(=O)c3ccccc3)[C@H]2OC(=O)c2ccccc2)n(CCCC)c1=S. The lowest BCUT2D eigenvalue weighted by Gasteiger charge is -2.25. The van der Waals surface area contributed by atoms with Gasteiger partial charge < -0.3 is 23.5 Å². The largest absolute Gasteiger partial charge is 0.459 e. The lowest BCUT2D eigenvalue weighted by atomic mass is 10.1. The van der Waals surface area contributed by atoms with Gasteiger partial charge in [0.05, 0.1) is 16.7 Å². The first-order valence-corrected chi connectivity index (χ1v) is 17.8. The molecule has 2 aromatic heterocycles. The molecule has 270 valence electrons. The van der Waals surface area contributed by atoms with Crippen LogP contribution in [-0.4, -0.2) is 61.5 Å². The van der Waals surface area contributed by atoms with E-state index in [1.165, 1.54) is 10.9 Å². The van der Waals surface area contributed by atoms with Crippen molar-refractivity contribution in [2.45, 2.75) is 77.2 Å². The van der Waals surface area contributed by atoms with E-state index in [-0.39, 0.29) is 28.8 Å². The molecule has 0 unspecified atom stereocenters. The average Bonchev–Trinajstić information content (AvgIpc) is 3.76. The van der Waals surface area contributed by atoms with Gasteiger partial charge in [-0.15, -0.1) is 0 Å². The Morgan fingerprint density at radius 1 is 0.731 bits per heavy atom. The topological polar surface area (TPSA) is 133 Å².